The van der Waals surface area contributed by atoms with E-state index in [1.807, 2.05) is 36.4 Å². The zero-order valence-electron chi connectivity index (χ0n) is 13.3. The number of amides is 2. The quantitative estimate of drug-likeness (QED) is 0.552. The molecule has 126 valence electrons. The van der Waals surface area contributed by atoms with Crippen LogP contribution < -0.4 is 15.9 Å². The molecule has 3 aromatic rings. The number of hydrazone groups is 1. The summed E-state index contributed by atoms with van der Waals surface area (Å²) in [5, 5.41) is 5.78. The number of nitrogens with one attached hydrogen (secondary N) is 1. The maximum absolute atomic E-state index is 13.0. The third-order valence-electron chi connectivity index (χ3n) is 3.61. The third kappa shape index (κ3) is 4.11. The number of primary amides is 1. The number of nitrogens with two attached hydrogens (primary N) is 1. The van der Waals surface area contributed by atoms with E-state index in [0.717, 1.165) is 16.3 Å². The Morgan fingerprint density at radius 3 is 2.64 bits per heavy atom. The maximum Gasteiger partial charge on any atom is 0.332 e. The maximum atomic E-state index is 13.0. The fourth-order valence-corrected chi connectivity index (χ4v) is 2.44. The number of fused-ring (bicyclic) bond motifs is 1. The lowest BCUT2D eigenvalue weighted by Gasteiger charge is -2.12. The Balaban J connectivity index is 1.91. The van der Waals surface area contributed by atoms with Gasteiger partial charge >= 0.3 is 6.03 Å². The van der Waals surface area contributed by atoms with E-state index in [4.69, 9.17) is 10.5 Å². The molecule has 0 saturated heterocycles. The summed E-state index contributed by atoms with van der Waals surface area (Å²) in [4.78, 5) is 10.8. The van der Waals surface area contributed by atoms with Crippen molar-refractivity contribution < 1.29 is 13.9 Å². The molecule has 0 spiro atoms. The van der Waals surface area contributed by atoms with E-state index in [-0.39, 0.29) is 12.4 Å². The highest BCUT2D eigenvalue weighted by Crippen LogP contribution is 2.27. The van der Waals surface area contributed by atoms with Crippen molar-refractivity contribution >= 4 is 23.0 Å². The molecule has 0 fully saturated rings. The Morgan fingerprint density at radius 1 is 1.12 bits per heavy atom. The summed E-state index contributed by atoms with van der Waals surface area (Å²) in [5.74, 6) is 0.304. The van der Waals surface area contributed by atoms with Crippen molar-refractivity contribution in [3.05, 3.63) is 77.6 Å². The molecule has 3 aromatic carbocycles. The van der Waals surface area contributed by atoms with Crippen LogP contribution in [0.25, 0.3) is 10.8 Å². The average Bonchev–Trinajstić information content (AvgIpc) is 2.62. The Kier molecular flexibility index (Phi) is 4.89. The number of carbonyl (C=O) groups excluding carboxylic acids is 1. The molecule has 0 radical (unpaired) electrons. The highest BCUT2D eigenvalue weighted by molar-refractivity contribution is 6.02. The zero-order chi connectivity index (χ0) is 17.6. The van der Waals surface area contributed by atoms with Crippen LogP contribution in [0, 0.1) is 5.82 Å². The lowest BCUT2D eigenvalue weighted by atomic mass is 10.0. The predicted molar refractivity (Wildman–Crippen MR) is 95.0 cm³/mol. The minimum atomic E-state index is -0.745. The van der Waals surface area contributed by atoms with Crippen LogP contribution in [0.1, 0.15) is 11.1 Å². The van der Waals surface area contributed by atoms with Gasteiger partial charge in [-0.15, -0.1) is 0 Å². The molecular formula is C19H16FN3O2. The molecule has 0 aliphatic carbocycles. The summed E-state index contributed by atoms with van der Waals surface area (Å²) in [7, 11) is 0. The lowest BCUT2D eigenvalue weighted by Crippen LogP contribution is -2.24. The SMILES string of the molecule is NC(=O)NN=Cc1c(OCc2ccc(F)cc2)ccc2ccccc12. The molecule has 0 unspecified atom stereocenters. The monoisotopic (exact) mass is 337 g/mol. The highest BCUT2D eigenvalue weighted by atomic mass is 19.1. The summed E-state index contributed by atoms with van der Waals surface area (Å²) in [6.45, 7) is 0.280. The smallest absolute Gasteiger partial charge is 0.332 e. The van der Waals surface area contributed by atoms with Gasteiger partial charge in [0.25, 0.3) is 0 Å². The summed E-state index contributed by atoms with van der Waals surface area (Å²) in [6.07, 6.45) is 1.49. The van der Waals surface area contributed by atoms with Gasteiger partial charge in [-0.25, -0.2) is 14.6 Å². The largest absolute Gasteiger partial charge is 0.488 e. The first-order chi connectivity index (χ1) is 12.1. The number of nitrogens with zero attached hydrogens (tertiary/aromatic N) is 1. The molecular weight excluding hydrogens is 321 g/mol. The van der Waals surface area contributed by atoms with Gasteiger partial charge in [0, 0.05) is 5.56 Å². The van der Waals surface area contributed by atoms with Crippen LogP contribution in [0.2, 0.25) is 0 Å². The fourth-order valence-electron chi connectivity index (χ4n) is 2.44. The van der Waals surface area contributed by atoms with Crippen LogP contribution in [0.15, 0.2) is 65.8 Å². The Hall–Kier alpha value is -3.41. The Labute approximate surface area is 143 Å². The summed E-state index contributed by atoms with van der Waals surface area (Å²) in [5.41, 5.74) is 8.76. The number of ether oxygens (including phenoxy) is 1. The van der Waals surface area contributed by atoms with Gasteiger partial charge in [-0.3, -0.25) is 0 Å². The molecule has 2 amide bonds. The molecule has 25 heavy (non-hydrogen) atoms. The Morgan fingerprint density at radius 2 is 1.88 bits per heavy atom. The number of hydrogen-bond acceptors (Lipinski definition) is 3. The first-order valence-corrected chi connectivity index (χ1v) is 7.61. The number of hydrogen-bond donors (Lipinski definition) is 2. The molecule has 0 atom stereocenters. The lowest BCUT2D eigenvalue weighted by molar-refractivity contribution is 0.249. The molecule has 0 bridgehead atoms. The van der Waals surface area contributed by atoms with Crippen molar-refractivity contribution in [1.82, 2.24) is 5.43 Å². The van der Waals surface area contributed by atoms with Gasteiger partial charge in [-0.1, -0.05) is 42.5 Å². The van der Waals surface area contributed by atoms with E-state index in [9.17, 15) is 9.18 Å². The summed E-state index contributed by atoms with van der Waals surface area (Å²) < 4.78 is 18.9. The number of halogens is 1. The summed E-state index contributed by atoms with van der Waals surface area (Å²) in [6, 6.07) is 16.9. The van der Waals surface area contributed by atoms with Gasteiger partial charge in [-0.2, -0.15) is 5.10 Å². The molecule has 3 N–H and O–H groups in total. The number of urea groups is 1. The van der Waals surface area contributed by atoms with E-state index in [0.29, 0.717) is 11.3 Å². The fraction of sp³-hybridized carbons (Fsp3) is 0.0526. The second-order valence-electron chi connectivity index (χ2n) is 5.35. The molecule has 0 saturated carbocycles. The van der Waals surface area contributed by atoms with E-state index < -0.39 is 6.03 Å². The second-order valence-corrected chi connectivity index (χ2v) is 5.35. The molecule has 3 rings (SSSR count). The van der Waals surface area contributed by atoms with Gasteiger partial charge < -0.3 is 10.5 Å². The van der Waals surface area contributed by atoms with Crippen molar-refractivity contribution in [3.8, 4) is 5.75 Å². The number of rotatable bonds is 5. The number of carbonyl (C=O) groups is 1. The van der Waals surface area contributed by atoms with E-state index in [2.05, 4.69) is 10.5 Å². The van der Waals surface area contributed by atoms with E-state index in [1.165, 1.54) is 18.3 Å². The first-order valence-electron chi connectivity index (χ1n) is 7.61. The normalized spacial score (nSPS) is 10.9. The van der Waals surface area contributed by atoms with Crippen LogP contribution in [-0.4, -0.2) is 12.2 Å². The van der Waals surface area contributed by atoms with Gasteiger partial charge in [0.15, 0.2) is 0 Å². The molecule has 0 aromatic heterocycles. The topological polar surface area (TPSA) is 76.7 Å². The standard InChI is InChI=1S/C19H16FN3O2/c20-15-8-5-13(6-9-15)12-25-18-10-7-14-3-1-2-4-16(14)17(18)11-22-23-19(21)24/h1-11H,12H2,(H3,21,23,24). The third-order valence-corrected chi connectivity index (χ3v) is 3.61. The molecule has 0 aliphatic rings. The van der Waals surface area contributed by atoms with E-state index in [1.54, 1.807) is 12.1 Å². The van der Waals surface area contributed by atoms with Gasteiger partial charge in [-0.05, 0) is 34.5 Å². The van der Waals surface area contributed by atoms with Gasteiger partial charge in [0.1, 0.15) is 18.2 Å². The average molecular weight is 337 g/mol. The molecule has 6 heteroatoms. The van der Waals surface area contributed by atoms with Crippen LogP contribution in [0.5, 0.6) is 5.75 Å². The first kappa shape index (κ1) is 16.4. The van der Waals surface area contributed by atoms with Crippen LogP contribution in [0.3, 0.4) is 0 Å². The van der Waals surface area contributed by atoms with Crippen molar-refractivity contribution in [2.75, 3.05) is 0 Å². The van der Waals surface area contributed by atoms with Crippen molar-refractivity contribution in [3.63, 3.8) is 0 Å². The van der Waals surface area contributed by atoms with Gasteiger partial charge in [0.2, 0.25) is 0 Å². The van der Waals surface area contributed by atoms with Crippen molar-refractivity contribution in [1.29, 1.82) is 0 Å². The predicted octanol–water partition coefficient (Wildman–Crippen LogP) is 3.56. The van der Waals surface area contributed by atoms with E-state index >= 15 is 0 Å². The summed E-state index contributed by atoms with van der Waals surface area (Å²) >= 11 is 0. The molecule has 5 nitrogen and oxygen atoms in total. The molecule has 0 heterocycles. The van der Waals surface area contributed by atoms with Crippen LogP contribution in [-0.2, 0) is 6.61 Å². The molecule has 0 aliphatic heterocycles. The van der Waals surface area contributed by atoms with Crippen molar-refractivity contribution in [2.24, 2.45) is 10.8 Å². The van der Waals surface area contributed by atoms with Crippen LogP contribution >= 0.6 is 0 Å². The van der Waals surface area contributed by atoms with Crippen LogP contribution in [0.4, 0.5) is 9.18 Å². The highest BCUT2D eigenvalue weighted by Gasteiger charge is 2.08. The Bertz CT molecular complexity index is 924. The second kappa shape index (κ2) is 7.44. The number of benzene rings is 3. The zero-order valence-corrected chi connectivity index (χ0v) is 13.3. The minimum Gasteiger partial charge on any atom is -0.488 e. The van der Waals surface area contributed by atoms with Crippen molar-refractivity contribution in [2.45, 2.75) is 6.61 Å². The van der Waals surface area contributed by atoms with Gasteiger partial charge in [0.05, 0.1) is 6.21 Å². The minimum absolute atomic E-state index is 0.280.